The van der Waals surface area contributed by atoms with Crippen molar-refractivity contribution in [3.05, 3.63) is 48.7 Å². The molecule has 52 heavy (non-hydrogen) atoms. The Bertz CT molecular complexity index is 1280. The maximum Gasteiger partial charge on any atom is 0.243 e. The minimum atomic E-state index is -0.111. The Hall–Kier alpha value is -4.34. The van der Waals surface area contributed by atoms with Crippen molar-refractivity contribution in [2.24, 2.45) is 0 Å². The molecule has 3 aliphatic rings. The van der Waals surface area contributed by atoms with Crippen molar-refractivity contribution in [1.82, 2.24) is 45.8 Å². The van der Waals surface area contributed by atoms with E-state index in [2.05, 4.69) is 39.7 Å². The van der Waals surface area contributed by atoms with Crippen molar-refractivity contribution in [3.63, 3.8) is 0 Å². The highest BCUT2D eigenvalue weighted by atomic mass is 16.2. The van der Waals surface area contributed by atoms with Crippen LogP contribution < -0.4 is 21.3 Å². The standard InChI is InChI=1S/C13H23N3O2.C12H19N3O2.C12H21N3O2/c1-4-15-8-9-16(13(18)10-15)7-5-6-12(17)14-11(2)3;1-9(2)13-11(16)5-4-6-15-7-10(3)14-12(17)8-15;1-10(2)13-11(16)5-4-6-15-8-7-14(3)9-12(15)17/h5-6,11H,4,7-10H2,1-3H3,(H,14,17);4-5,9H,3,6-8H2,1-2H3,(H,13,16)(H,14,17);4-5,10H,6-9H2,1-3H3,(H,13,16)/b6-5+;2*5-4+. The minimum absolute atomic E-state index is 0.0544. The zero-order valence-corrected chi connectivity index (χ0v) is 32.6. The minimum Gasteiger partial charge on any atom is -0.350 e. The fourth-order valence-electron chi connectivity index (χ4n) is 5.05. The average molecular weight is 730 g/mol. The van der Waals surface area contributed by atoms with Crippen LogP contribution >= 0.6 is 0 Å². The van der Waals surface area contributed by atoms with Crippen LogP contribution in [0.3, 0.4) is 0 Å². The first-order chi connectivity index (χ1) is 24.5. The van der Waals surface area contributed by atoms with Crippen molar-refractivity contribution in [1.29, 1.82) is 0 Å². The maximum atomic E-state index is 11.8. The molecule has 0 aliphatic carbocycles. The molecule has 6 amide bonds. The van der Waals surface area contributed by atoms with Gasteiger partial charge in [0.25, 0.3) is 0 Å². The first-order valence-corrected chi connectivity index (χ1v) is 18.1. The van der Waals surface area contributed by atoms with Gasteiger partial charge in [0.15, 0.2) is 0 Å². The van der Waals surface area contributed by atoms with Crippen molar-refractivity contribution in [2.45, 2.75) is 66.6 Å². The van der Waals surface area contributed by atoms with Crippen molar-refractivity contribution in [2.75, 3.05) is 85.6 Å². The number of nitrogens with zero attached hydrogens (tertiary/aromatic N) is 5. The van der Waals surface area contributed by atoms with Gasteiger partial charge < -0.3 is 31.1 Å². The normalized spacial score (nSPS) is 17.8. The highest BCUT2D eigenvalue weighted by Crippen LogP contribution is 2.03. The van der Waals surface area contributed by atoms with Gasteiger partial charge in [0.1, 0.15) is 0 Å². The second-order valence-corrected chi connectivity index (χ2v) is 13.8. The van der Waals surface area contributed by atoms with Crippen LogP contribution in [0, 0.1) is 0 Å². The molecule has 3 heterocycles. The smallest absolute Gasteiger partial charge is 0.243 e. The monoisotopic (exact) mass is 729 g/mol. The highest BCUT2D eigenvalue weighted by Gasteiger charge is 2.22. The highest BCUT2D eigenvalue weighted by molar-refractivity contribution is 5.88. The molecule has 3 saturated heterocycles. The average Bonchev–Trinajstić information content (AvgIpc) is 3.02. The lowest BCUT2D eigenvalue weighted by Gasteiger charge is -2.32. The number of amides is 6. The SMILES string of the molecule is C=C1CN(C/C=C/C(=O)NC(C)C)CC(=O)N1.CC(C)NC(=O)/C=C/CN1CCN(C)CC1=O.CCN1CCN(C/C=C/C(=O)NC(C)C)C(=O)C1. The summed E-state index contributed by atoms with van der Waals surface area (Å²) < 4.78 is 0. The summed E-state index contributed by atoms with van der Waals surface area (Å²) in [6, 6.07) is 0.405. The summed E-state index contributed by atoms with van der Waals surface area (Å²) in [6.45, 7) is 24.9. The zero-order chi connectivity index (χ0) is 39.2. The largest absolute Gasteiger partial charge is 0.350 e. The predicted molar refractivity (Wildman–Crippen MR) is 204 cm³/mol. The summed E-state index contributed by atoms with van der Waals surface area (Å²) in [6.07, 6.45) is 9.72. The Labute approximate surface area is 310 Å². The number of hydrogen-bond acceptors (Lipinski definition) is 9. The lowest BCUT2D eigenvalue weighted by molar-refractivity contribution is -0.135. The molecule has 0 unspecified atom stereocenters. The van der Waals surface area contributed by atoms with Crippen LogP contribution in [0.4, 0.5) is 0 Å². The number of likely N-dealkylation sites (N-methyl/N-ethyl adjacent to an activating group) is 2. The van der Waals surface area contributed by atoms with Gasteiger partial charge in [-0.25, -0.2) is 0 Å². The molecule has 0 atom stereocenters. The Balaban J connectivity index is 0.000000390. The third-order valence-electron chi connectivity index (χ3n) is 7.57. The van der Waals surface area contributed by atoms with Gasteiger partial charge in [-0.05, 0) is 55.1 Å². The zero-order valence-electron chi connectivity index (χ0n) is 32.6. The van der Waals surface area contributed by atoms with Gasteiger partial charge in [-0.3, -0.25) is 43.5 Å². The number of carbonyl (C=O) groups is 6. The van der Waals surface area contributed by atoms with E-state index in [1.807, 2.05) is 58.4 Å². The summed E-state index contributed by atoms with van der Waals surface area (Å²) in [5, 5.41) is 10.9. The fraction of sp³-hybridized carbons (Fsp3) is 0.622. The van der Waals surface area contributed by atoms with E-state index in [0.29, 0.717) is 51.5 Å². The van der Waals surface area contributed by atoms with Crippen LogP contribution in [0.25, 0.3) is 0 Å². The van der Waals surface area contributed by atoms with Gasteiger partial charge in [0.2, 0.25) is 35.4 Å². The van der Waals surface area contributed by atoms with Crippen LogP contribution in [-0.4, -0.2) is 164 Å². The van der Waals surface area contributed by atoms with Crippen LogP contribution in [-0.2, 0) is 28.8 Å². The van der Waals surface area contributed by atoms with Crippen LogP contribution in [0.2, 0.25) is 0 Å². The van der Waals surface area contributed by atoms with Crippen LogP contribution in [0.15, 0.2) is 48.7 Å². The summed E-state index contributed by atoms with van der Waals surface area (Å²) in [5.41, 5.74) is 0.696. The van der Waals surface area contributed by atoms with Crippen LogP contribution in [0.1, 0.15) is 48.5 Å². The molecule has 0 saturated carbocycles. The van der Waals surface area contributed by atoms with Gasteiger partial charge >= 0.3 is 0 Å². The molecule has 0 aromatic carbocycles. The lowest BCUT2D eigenvalue weighted by atomic mass is 10.3. The predicted octanol–water partition coefficient (Wildman–Crippen LogP) is 0.0852. The summed E-state index contributed by atoms with van der Waals surface area (Å²) >= 11 is 0. The second kappa shape index (κ2) is 24.8. The Kier molecular flexibility index (Phi) is 21.8. The van der Waals surface area contributed by atoms with Crippen molar-refractivity contribution < 1.29 is 28.8 Å². The van der Waals surface area contributed by atoms with E-state index in [0.717, 1.165) is 32.7 Å². The third kappa shape index (κ3) is 21.1. The summed E-state index contributed by atoms with van der Waals surface area (Å²) in [4.78, 5) is 78.2. The Morgan fingerprint density at radius 1 is 0.654 bits per heavy atom. The number of piperazine rings is 3. The van der Waals surface area contributed by atoms with Gasteiger partial charge in [-0.2, -0.15) is 0 Å². The van der Waals surface area contributed by atoms with E-state index in [9.17, 15) is 28.8 Å². The third-order valence-corrected chi connectivity index (χ3v) is 7.57. The molecule has 3 rings (SSSR count). The molecule has 15 nitrogen and oxygen atoms in total. The summed E-state index contributed by atoms with van der Waals surface area (Å²) in [5.74, 6) is -0.127. The number of rotatable bonds is 13. The van der Waals surface area contributed by atoms with Crippen molar-refractivity contribution >= 4 is 35.4 Å². The van der Waals surface area contributed by atoms with E-state index in [1.165, 1.54) is 18.2 Å². The number of nitrogens with one attached hydrogen (secondary N) is 4. The molecule has 15 heteroatoms. The van der Waals surface area contributed by atoms with E-state index >= 15 is 0 Å². The molecule has 3 fully saturated rings. The number of hydrogen-bond donors (Lipinski definition) is 4. The Morgan fingerprint density at radius 3 is 1.50 bits per heavy atom. The lowest BCUT2D eigenvalue weighted by Crippen LogP contribution is -2.50. The molecule has 3 aliphatic heterocycles. The molecule has 0 aromatic rings. The topological polar surface area (TPSA) is 167 Å². The van der Waals surface area contributed by atoms with E-state index in [1.54, 1.807) is 28.0 Å². The van der Waals surface area contributed by atoms with Gasteiger partial charge in [-0.15, -0.1) is 0 Å². The molecule has 0 radical (unpaired) electrons. The van der Waals surface area contributed by atoms with Crippen LogP contribution in [0.5, 0.6) is 0 Å². The first-order valence-electron chi connectivity index (χ1n) is 18.1. The van der Waals surface area contributed by atoms with Gasteiger partial charge in [0.05, 0.1) is 19.6 Å². The fourth-order valence-corrected chi connectivity index (χ4v) is 5.05. The Morgan fingerprint density at radius 2 is 1.10 bits per heavy atom. The molecule has 0 bridgehead atoms. The molecule has 0 aromatic heterocycles. The molecular formula is C37H63N9O6. The first kappa shape index (κ1) is 45.7. The molecule has 0 spiro atoms. The summed E-state index contributed by atoms with van der Waals surface area (Å²) in [7, 11) is 1.93. The molecular weight excluding hydrogens is 666 g/mol. The van der Waals surface area contributed by atoms with Gasteiger partial charge in [-0.1, -0.05) is 31.7 Å². The molecule has 292 valence electrons. The quantitative estimate of drug-likeness (QED) is 0.192. The van der Waals surface area contributed by atoms with E-state index in [4.69, 9.17) is 0 Å². The van der Waals surface area contributed by atoms with E-state index < -0.39 is 0 Å². The van der Waals surface area contributed by atoms with Gasteiger partial charge in [0, 0.05) is 94.4 Å². The number of carbonyl (C=O) groups excluding carboxylic acids is 6. The second-order valence-electron chi connectivity index (χ2n) is 13.8. The maximum absolute atomic E-state index is 11.8. The van der Waals surface area contributed by atoms with E-state index in [-0.39, 0.29) is 53.6 Å². The van der Waals surface area contributed by atoms with Crippen molar-refractivity contribution in [3.8, 4) is 0 Å². The molecule has 4 N–H and O–H groups in total.